The highest BCUT2D eigenvalue weighted by atomic mass is 35.5. The molecule has 44 heavy (non-hydrogen) atoms. The number of methoxy groups -OCH3 is 1. The van der Waals surface area contributed by atoms with Crippen LogP contribution in [0.1, 0.15) is 72.9 Å². The lowest BCUT2D eigenvalue weighted by atomic mass is 9.70. The van der Waals surface area contributed by atoms with Gasteiger partial charge in [0, 0.05) is 36.7 Å². The predicted octanol–water partition coefficient (Wildman–Crippen LogP) is 6.50. The fraction of sp³-hybridized carbons (Fsp3) is 0.529. The minimum atomic E-state index is -3.30. The fourth-order valence-corrected chi connectivity index (χ4v) is 8.35. The number of fused-ring (bicyclic) bond motifs is 3. The summed E-state index contributed by atoms with van der Waals surface area (Å²) in [5, 5.41) is 0.726. The fourth-order valence-electron chi connectivity index (χ4n) is 6.51. The lowest BCUT2D eigenvalue weighted by molar-refractivity contribution is -0.120. The molecule has 2 aliphatic heterocycles. The molecule has 4 aliphatic rings. The van der Waals surface area contributed by atoms with Crippen LogP contribution in [0.3, 0.4) is 0 Å². The van der Waals surface area contributed by atoms with Gasteiger partial charge in [0.05, 0.1) is 24.2 Å². The Labute approximate surface area is 265 Å². The van der Waals surface area contributed by atoms with Crippen LogP contribution < -0.4 is 14.4 Å². The average Bonchev–Trinajstić information content (AvgIpc) is 3.84. The van der Waals surface area contributed by atoms with E-state index in [0.717, 1.165) is 62.2 Å². The molecule has 0 spiro atoms. The molecule has 8 nitrogen and oxygen atoms in total. The Morgan fingerprint density at radius 3 is 2.73 bits per heavy atom. The third-order valence-corrected chi connectivity index (χ3v) is 11.4. The molecule has 2 saturated carbocycles. The van der Waals surface area contributed by atoms with E-state index in [1.165, 1.54) is 11.1 Å². The maximum absolute atomic E-state index is 14.0. The Morgan fingerprint density at radius 1 is 1.09 bits per heavy atom. The van der Waals surface area contributed by atoms with Crippen LogP contribution in [-0.4, -0.2) is 48.1 Å². The summed E-state index contributed by atoms with van der Waals surface area (Å²) in [6, 6.07) is 11.5. The van der Waals surface area contributed by atoms with Crippen molar-refractivity contribution in [3.05, 3.63) is 70.3 Å². The molecule has 0 aromatic heterocycles. The average molecular weight is 640 g/mol. The van der Waals surface area contributed by atoms with Crippen LogP contribution in [-0.2, 0) is 32.4 Å². The highest BCUT2D eigenvalue weighted by Crippen LogP contribution is 2.42. The van der Waals surface area contributed by atoms with Crippen molar-refractivity contribution in [2.24, 2.45) is 22.1 Å². The second-order valence-electron chi connectivity index (χ2n) is 12.5. The number of ether oxygens (including phenoxy) is 2. The number of rotatable bonds is 3. The van der Waals surface area contributed by atoms with E-state index in [1.54, 1.807) is 13.2 Å². The van der Waals surface area contributed by atoms with Crippen molar-refractivity contribution in [2.45, 2.75) is 70.4 Å². The summed E-state index contributed by atoms with van der Waals surface area (Å²) in [5.41, 5.74) is 3.56. The van der Waals surface area contributed by atoms with E-state index in [9.17, 15) is 13.8 Å². The van der Waals surface area contributed by atoms with Crippen molar-refractivity contribution in [2.75, 3.05) is 30.9 Å². The molecule has 1 N–H and O–H groups in total. The number of hydrogen-bond acceptors (Lipinski definition) is 6. The van der Waals surface area contributed by atoms with Crippen LogP contribution in [0.15, 0.2) is 52.9 Å². The summed E-state index contributed by atoms with van der Waals surface area (Å²) in [5.74, 6) is 0.538. The van der Waals surface area contributed by atoms with E-state index in [1.807, 2.05) is 18.2 Å². The van der Waals surface area contributed by atoms with Crippen LogP contribution in [0.25, 0.3) is 0 Å². The Kier molecular flexibility index (Phi) is 9.64. The Hall–Kier alpha value is -2.88. The summed E-state index contributed by atoms with van der Waals surface area (Å²) >= 11 is 6.43. The number of anilines is 1. The molecule has 0 radical (unpaired) electrons. The molecule has 2 aromatic carbocycles. The van der Waals surface area contributed by atoms with E-state index < -0.39 is 15.8 Å². The van der Waals surface area contributed by atoms with Gasteiger partial charge in [0.15, 0.2) is 0 Å². The van der Waals surface area contributed by atoms with E-state index >= 15 is 0 Å². The normalized spacial score (nSPS) is 28.5. The maximum atomic E-state index is 14.0. The van der Waals surface area contributed by atoms with Gasteiger partial charge in [0.2, 0.25) is 5.91 Å². The van der Waals surface area contributed by atoms with Crippen molar-refractivity contribution < 1.29 is 23.3 Å². The number of carbonyl (C=O) groups is 2. The minimum Gasteiger partial charge on any atom is -0.491 e. The van der Waals surface area contributed by atoms with E-state index in [0.29, 0.717) is 49.1 Å². The molecule has 2 heterocycles. The summed E-state index contributed by atoms with van der Waals surface area (Å²) in [6.45, 7) is 1.94. The molecule has 6 rings (SSSR count). The standard InChI is InChI=1S/C34H42ClN3O5S/c1-42-31-8-3-2-6-18-44(41,36-33(39)23-9-10-23)37-34(40)25-13-16-32-30(20-25)38(22-27-12-15-29(27)31)21-26-11-14-28(35)19-24(26)7-4-5-17-43-32/h3,8,11,13-14,16,19-20,23,27,29,31H,2,4-7,9-10,12,15,17-18,21-22H2,1H3,(H,36,37,39,40,41)/b8-3+/t27-,29+,31-,44+/m0/s1. The smallest absolute Gasteiger partial charge is 0.286 e. The van der Waals surface area contributed by atoms with Gasteiger partial charge in [-0.1, -0.05) is 29.8 Å². The van der Waals surface area contributed by atoms with Gasteiger partial charge >= 0.3 is 0 Å². The van der Waals surface area contributed by atoms with Gasteiger partial charge in [0.1, 0.15) is 15.7 Å². The van der Waals surface area contributed by atoms with E-state index in [2.05, 4.69) is 38.3 Å². The zero-order valence-electron chi connectivity index (χ0n) is 25.3. The third-order valence-electron chi connectivity index (χ3n) is 9.36. The molecule has 0 saturated heterocycles. The highest BCUT2D eigenvalue weighted by molar-refractivity contribution is 7.92. The quantitative estimate of drug-likeness (QED) is 0.385. The number of benzene rings is 2. The van der Waals surface area contributed by atoms with Crippen molar-refractivity contribution in [1.29, 1.82) is 0 Å². The monoisotopic (exact) mass is 639 g/mol. The number of amides is 2. The molecule has 4 atom stereocenters. The Morgan fingerprint density at radius 2 is 1.95 bits per heavy atom. The summed E-state index contributed by atoms with van der Waals surface area (Å²) in [6.07, 6.45) is 11.8. The molecule has 0 unspecified atom stereocenters. The molecule has 10 heteroatoms. The molecular weight excluding hydrogens is 598 g/mol. The molecule has 2 fully saturated rings. The predicted molar refractivity (Wildman–Crippen MR) is 173 cm³/mol. The number of carbonyl (C=O) groups excluding carboxylic acids is 2. The number of allylic oxidation sites excluding steroid dienone is 1. The van der Waals surface area contributed by atoms with Crippen molar-refractivity contribution in [3.8, 4) is 5.75 Å². The van der Waals surface area contributed by atoms with Crippen LogP contribution in [0.5, 0.6) is 5.75 Å². The van der Waals surface area contributed by atoms with E-state index in [-0.39, 0.29) is 23.7 Å². The Balaban J connectivity index is 1.44. The first-order valence-electron chi connectivity index (χ1n) is 15.9. The molecule has 2 aliphatic carbocycles. The maximum Gasteiger partial charge on any atom is 0.286 e. The third kappa shape index (κ3) is 7.32. The van der Waals surface area contributed by atoms with Crippen LogP contribution >= 0.6 is 11.6 Å². The Bertz CT molecular complexity index is 1550. The largest absolute Gasteiger partial charge is 0.491 e. The van der Waals surface area contributed by atoms with Gasteiger partial charge in [-0.3, -0.25) is 14.3 Å². The van der Waals surface area contributed by atoms with Gasteiger partial charge in [-0.05, 0) is 111 Å². The SMILES string of the molecule is CO[C@H]1/C=C/CCC[S@@](=O)(NC(=O)C2CC2)=NC(=O)c2ccc3c(c2)N(Cc2ccc(Cl)cc2CCCCO3)C[C@@H]2CC[C@H]21. The van der Waals surface area contributed by atoms with Crippen molar-refractivity contribution >= 4 is 39.0 Å². The molecule has 236 valence electrons. The summed E-state index contributed by atoms with van der Waals surface area (Å²) in [4.78, 5) is 28.6. The van der Waals surface area contributed by atoms with Gasteiger partial charge in [-0.15, -0.1) is 4.36 Å². The zero-order valence-corrected chi connectivity index (χ0v) is 26.9. The van der Waals surface area contributed by atoms with Crippen molar-refractivity contribution in [1.82, 2.24) is 4.72 Å². The summed E-state index contributed by atoms with van der Waals surface area (Å²) < 4.78 is 33.1. The zero-order chi connectivity index (χ0) is 30.7. The highest BCUT2D eigenvalue weighted by Gasteiger charge is 2.38. The topological polar surface area (TPSA) is 97.3 Å². The molecule has 2 aromatic rings. The second kappa shape index (κ2) is 13.6. The van der Waals surface area contributed by atoms with Gasteiger partial charge in [0.25, 0.3) is 5.91 Å². The summed E-state index contributed by atoms with van der Waals surface area (Å²) in [7, 11) is -1.54. The first-order valence-corrected chi connectivity index (χ1v) is 18.0. The number of hydrogen-bond donors (Lipinski definition) is 1. The first-order chi connectivity index (χ1) is 21.3. The number of nitrogens with one attached hydrogen (secondary N) is 1. The van der Waals surface area contributed by atoms with Gasteiger partial charge < -0.3 is 14.4 Å². The van der Waals surface area contributed by atoms with Crippen LogP contribution in [0.2, 0.25) is 5.02 Å². The number of aryl methyl sites for hydroxylation is 1. The van der Waals surface area contributed by atoms with Gasteiger partial charge in [-0.25, -0.2) is 4.21 Å². The van der Waals surface area contributed by atoms with Crippen LogP contribution in [0, 0.1) is 17.8 Å². The molecule has 2 amide bonds. The molecular formula is C34H42ClN3O5S. The lowest BCUT2D eigenvalue weighted by Gasteiger charge is -2.43. The molecule has 2 bridgehead atoms. The minimum absolute atomic E-state index is 0.0241. The second-order valence-corrected chi connectivity index (χ2v) is 15.0. The van der Waals surface area contributed by atoms with E-state index in [4.69, 9.17) is 21.1 Å². The van der Waals surface area contributed by atoms with Crippen LogP contribution in [0.4, 0.5) is 5.69 Å². The first kappa shape index (κ1) is 31.1. The van der Waals surface area contributed by atoms with Crippen molar-refractivity contribution in [3.63, 3.8) is 0 Å². The van der Waals surface area contributed by atoms with Gasteiger partial charge in [-0.2, -0.15) is 0 Å². The lowest BCUT2D eigenvalue weighted by Crippen LogP contribution is -2.43. The number of nitrogens with zero attached hydrogens (tertiary/aromatic N) is 2. The number of halogens is 1.